The third-order valence-electron chi connectivity index (χ3n) is 5.38. The maximum Gasteiger partial charge on any atom is 0.261 e. The molecule has 144 valence electrons. The van der Waals surface area contributed by atoms with Gasteiger partial charge in [0.1, 0.15) is 5.75 Å². The summed E-state index contributed by atoms with van der Waals surface area (Å²) in [6.07, 6.45) is 5.21. The van der Waals surface area contributed by atoms with Gasteiger partial charge in [-0.2, -0.15) is 0 Å². The highest BCUT2D eigenvalue weighted by Gasteiger charge is 2.20. The lowest BCUT2D eigenvalue weighted by atomic mass is 9.89. The fraction of sp³-hybridized carbons (Fsp3) is 0.458. The average molecular weight is 366 g/mol. The molecule has 1 amide bonds. The molecule has 0 bridgehead atoms. The van der Waals surface area contributed by atoms with Crippen molar-refractivity contribution in [3.05, 3.63) is 64.2 Å². The van der Waals surface area contributed by atoms with Crippen molar-refractivity contribution < 1.29 is 9.53 Å². The Hall–Kier alpha value is -2.29. The number of aryl methyl sites for hydroxylation is 4. The van der Waals surface area contributed by atoms with Crippen molar-refractivity contribution in [2.24, 2.45) is 0 Å². The SMILES string of the molecule is CC[C@H](NC(=O)[C@H](C)Oc1cc(C)cc(C)c1)c1ccc2c(c1)CCCC2. The van der Waals surface area contributed by atoms with Crippen LogP contribution >= 0.6 is 0 Å². The van der Waals surface area contributed by atoms with Gasteiger partial charge in [0, 0.05) is 0 Å². The van der Waals surface area contributed by atoms with Crippen LogP contribution in [-0.2, 0) is 17.6 Å². The number of hydrogen-bond donors (Lipinski definition) is 1. The minimum Gasteiger partial charge on any atom is -0.481 e. The van der Waals surface area contributed by atoms with Crippen LogP contribution in [0, 0.1) is 13.8 Å². The van der Waals surface area contributed by atoms with Gasteiger partial charge < -0.3 is 10.1 Å². The first-order valence-corrected chi connectivity index (χ1v) is 10.1. The van der Waals surface area contributed by atoms with E-state index in [1.165, 1.54) is 36.0 Å². The summed E-state index contributed by atoms with van der Waals surface area (Å²) in [5.74, 6) is 0.677. The molecule has 3 heteroatoms. The minimum atomic E-state index is -0.530. The number of ether oxygens (including phenoxy) is 1. The zero-order valence-corrected chi connectivity index (χ0v) is 17.0. The first-order valence-electron chi connectivity index (χ1n) is 10.1. The van der Waals surface area contributed by atoms with Gasteiger partial charge in [0.05, 0.1) is 6.04 Å². The van der Waals surface area contributed by atoms with Crippen LogP contribution in [0.15, 0.2) is 36.4 Å². The Morgan fingerprint density at radius 3 is 2.37 bits per heavy atom. The number of amides is 1. The van der Waals surface area contributed by atoms with E-state index in [2.05, 4.69) is 36.5 Å². The predicted octanol–water partition coefficient (Wildman–Crippen LogP) is 5.22. The highest BCUT2D eigenvalue weighted by atomic mass is 16.5. The molecule has 2 aromatic carbocycles. The predicted molar refractivity (Wildman–Crippen MR) is 110 cm³/mol. The molecule has 1 N–H and O–H groups in total. The van der Waals surface area contributed by atoms with E-state index >= 15 is 0 Å². The second-order valence-corrected chi connectivity index (χ2v) is 7.79. The van der Waals surface area contributed by atoms with E-state index in [1.54, 1.807) is 0 Å². The van der Waals surface area contributed by atoms with E-state index < -0.39 is 6.10 Å². The van der Waals surface area contributed by atoms with Crippen LogP contribution in [0.1, 0.15) is 67.0 Å². The molecule has 0 spiro atoms. The summed E-state index contributed by atoms with van der Waals surface area (Å²) in [5.41, 5.74) is 6.39. The van der Waals surface area contributed by atoms with Gasteiger partial charge in [-0.25, -0.2) is 0 Å². The van der Waals surface area contributed by atoms with E-state index in [1.807, 2.05) is 32.9 Å². The normalized spacial score (nSPS) is 15.6. The smallest absolute Gasteiger partial charge is 0.261 e. The van der Waals surface area contributed by atoms with Crippen molar-refractivity contribution in [1.29, 1.82) is 0 Å². The third-order valence-corrected chi connectivity index (χ3v) is 5.38. The monoisotopic (exact) mass is 365 g/mol. The Bertz CT molecular complexity index is 792. The molecule has 0 heterocycles. The molecule has 0 saturated heterocycles. The van der Waals surface area contributed by atoms with E-state index in [-0.39, 0.29) is 11.9 Å². The molecular formula is C24H31NO2. The van der Waals surface area contributed by atoms with Crippen molar-refractivity contribution in [3.8, 4) is 5.75 Å². The molecule has 2 aromatic rings. The molecule has 1 aliphatic carbocycles. The Labute approximate surface area is 163 Å². The fourth-order valence-electron chi connectivity index (χ4n) is 3.94. The van der Waals surface area contributed by atoms with Gasteiger partial charge in [-0.05, 0) is 92.8 Å². The fourth-order valence-corrected chi connectivity index (χ4v) is 3.94. The number of carbonyl (C=O) groups excluding carboxylic acids is 1. The van der Waals surface area contributed by atoms with Gasteiger partial charge in [-0.15, -0.1) is 0 Å². The Morgan fingerprint density at radius 2 is 1.70 bits per heavy atom. The van der Waals surface area contributed by atoms with Crippen LogP contribution in [0.2, 0.25) is 0 Å². The van der Waals surface area contributed by atoms with Gasteiger partial charge in [-0.1, -0.05) is 31.2 Å². The number of carbonyl (C=O) groups is 1. The van der Waals surface area contributed by atoms with Crippen LogP contribution in [0.5, 0.6) is 5.75 Å². The molecule has 0 saturated carbocycles. The highest BCUT2D eigenvalue weighted by molar-refractivity contribution is 5.81. The number of benzene rings is 2. The molecule has 2 atom stereocenters. The zero-order chi connectivity index (χ0) is 19.4. The van der Waals surface area contributed by atoms with Gasteiger partial charge in [0.2, 0.25) is 0 Å². The first-order chi connectivity index (χ1) is 13.0. The van der Waals surface area contributed by atoms with Crippen molar-refractivity contribution in [2.45, 2.75) is 71.9 Å². The number of nitrogens with one attached hydrogen (secondary N) is 1. The Kier molecular flexibility index (Phi) is 6.20. The summed E-state index contributed by atoms with van der Waals surface area (Å²) in [4.78, 5) is 12.7. The van der Waals surface area contributed by atoms with Crippen LogP contribution in [0.25, 0.3) is 0 Å². The summed E-state index contributed by atoms with van der Waals surface area (Å²) in [6, 6.07) is 12.8. The average Bonchev–Trinajstić information content (AvgIpc) is 2.64. The second-order valence-electron chi connectivity index (χ2n) is 7.79. The topological polar surface area (TPSA) is 38.3 Å². The number of rotatable bonds is 6. The van der Waals surface area contributed by atoms with Gasteiger partial charge in [-0.3, -0.25) is 4.79 Å². The standard InChI is InChI=1S/C24H31NO2/c1-5-23(21-11-10-19-8-6-7-9-20(19)15-21)25-24(26)18(4)27-22-13-16(2)12-17(3)14-22/h10-15,18,23H,5-9H2,1-4H3,(H,25,26)/t18-,23-/m0/s1. The molecule has 0 aliphatic heterocycles. The van der Waals surface area contributed by atoms with Crippen LogP contribution in [-0.4, -0.2) is 12.0 Å². The quantitative estimate of drug-likeness (QED) is 0.762. The maximum absolute atomic E-state index is 12.7. The largest absolute Gasteiger partial charge is 0.481 e. The zero-order valence-electron chi connectivity index (χ0n) is 17.0. The molecule has 3 nitrogen and oxygen atoms in total. The number of fused-ring (bicyclic) bond motifs is 1. The summed E-state index contributed by atoms with van der Waals surface area (Å²) in [5, 5.41) is 3.18. The molecule has 27 heavy (non-hydrogen) atoms. The van der Waals surface area contributed by atoms with E-state index in [0.29, 0.717) is 0 Å². The van der Waals surface area contributed by atoms with Crippen molar-refractivity contribution in [2.75, 3.05) is 0 Å². The molecule has 1 aliphatic rings. The lowest BCUT2D eigenvalue weighted by molar-refractivity contribution is -0.128. The Balaban J connectivity index is 1.67. The summed E-state index contributed by atoms with van der Waals surface area (Å²) in [7, 11) is 0. The second kappa shape index (κ2) is 8.60. The van der Waals surface area contributed by atoms with Gasteiger partial charge in [0.15, 0.2) is 6.10 Å². The van der Waals surface area contributed by atoms with Crippen LogP contribution in [0.4, 0.5) is 0 Å². The summed E-state index contributed by atoms with van der Waals surface area (Å²) < 4.78 is 5.90. The molecule has 0 unspecified atom stereocenters. The summed E-state index contributed by atoms with van der Waals surface area (Å²) >= 11 is 0. The van der Waals surface area contributed by atoms with Crippen LogP contribution < -0.4 is 10.1 Å². The van der Waals surface area contributed by atoms with Crippen molar-refractivity contribution >= 4 is 5.91 Å². The molecule has 3 rings (SSSR count). The maximum atomic E-state index is 12.7. The Morgan fingerprint density at radius 1 is 1.04 bits per heavy atom. The lowest BCUT2D eigenvalue weighted by Crippen LogP contribution is -2.38. The molecule has 0 fully saturated rings. The summed E-state index contributed by atoms with van der Waals surface area (Å²) in [6.45, 7) is 7.99. The first kappa shape index (κ1) is 19.5. The third kappa shape index (κ3) is 4.91. The van der Waals surface area contributed by atoms with Crippen LogP contribution in [0.3, 0.4) is 0 Å². The minimum absolute atomic E-state index is 0.0232. The highest BCUT2D eigenvalue weighted by Crippen LogP contribution is 2.26. The van der Waals surface area contributed by atoms with Crippen molar-refractivity contribution in [1.82, 2.24) is 5.32 Å². The molecule has 0 radical (unpaired) electrons. The molecule has 0 aromatic heterocycles. The van der Waals surface area contributed by atoms with Crippen molar-refractivity contribution in [3.63, 3.8) is 0 Å². The van der Waals surface area contributed by atoms with E-state index in [9.17, 15) is 4.79 Å². The lowest BCUT2D eigenvalue weighted by Gasteiger charge is -2.23. The van der Waals surface area contributed by atoms with E-state index in [4.69, 9.17) is 4.74 Å². The number of hydrogen-bond acceptors (Lipinski definition) is 2. The van der Waals surface area contributed by atoms with Gasteiger partial charge >= 0.3 is 0 Å². The van der Waals surface area contributed by atoms with E-state index in [0.717, 1.165) is 29.7 Å². The van der Waals surface area contributed by atoms with Gasteiger partial charge in [0.25, 0.3) is 5.91 Å². The molecular weight excluding hydrogens is 334 g/mol.